The molecule has 0 aromatic heterocycles. The monoisotopic (exact) mass is 537 g/mol. The summed E-state index contributed by atoms with van der Waals surface area (Å²) in [6.07, 6.45) is 2.24. The first-order chi connectivity index (χ1) is 20.7. The largest absolute Gasteiger partial charge is 0.345 e. The topological polar surface area (TPSA) is 3.24 Å². The average Bonchev–Trinajstić information content (AvgIpc) is 3.07. The Morgan fingerprint density at radius 1 is 0.405 bits per heavy atom. The Hall–Kier alpha value is -5.14. The van der Waals surface area contributed by atoms with Gasteiger partial charge in [-0.3, -0.25) is 0 Å². The number of anilines is 2. The van der Waals surface area contributed by atoms with Crippen LogP contribution in [0.15, 0.2) is 146 Å². The van der Waals surface area contributed by atoms with Crippen molar-refractivity contribution >= 4 is 32.9 Å². The zero-order valence-corrected chi connectivity index (χ0v) is 23.7. The van der Waals surface area contributed by atoms with E-state index in [1.807, 2.05) is 0 Å². The van der Waals surface area contributed by atoms with E-state index in [0.29, 0.717) is 0 Å². The van der Waals surface area contributed by atoms with Crippen molar-refractivity contribution in [2.24, 2.45) is 0 Å². The summed E-state index contributed by atoms with van der Waals surface area (Å²) < 4.78 is 0. The molecule has 0 fully saturated rings. The summed E-state index contributed by atoms with van der Waals surface area (Å²) >= 11 is 0. The van der Waals surface area contributed by atoms with Crippen molar-refractivity contribution in [3.8, 4) is 33.4 Å². The van der Waals surface area contributed by atoms with Crippen molar-refractivity contribution in [1.82, 2.24) is 0 Å². The Morgan fingerprint density at radius 3 is 1.93 bits per heavy atom. The lowest BCUT2D eigenvalue weighted by Crippen LogP contribution is -2.09. The first-order valence-electron chi connectivity index (χ1n) is 14.8. The van der Waals surface area contributed by atoms with Gasteiger partial charge in [-0.1, -0.05) is 109 Å². The molecule has 0 bridgehead atoms. The van der Waals surface area contributed by atoms with Gasteiger partial charge in [-0.2, -0.15) is 0 Å². The maximum Gasteiger partial charge on any atom is 0.0414 e. The van der Waals surface area contributed by atoms with E-state index in [0.717, 1.165) is 12.8 Å². The second-order valence-electron chi connectivity index (χ2n) is 11.4. The van der Waals surface area contributed by atoms with Gasteiger partial charge >= 0.3 is 0 Å². The summed E-state index contributed by atoms with van der Waals surface area (Å²) in [4.78, 5) is 2.28. The summed E-state index contributed by atoms with van der Waals surface area (Å²) in [5, 5.41) is 5.16. The molecule has 1 aliphatic rings. The molecule has 7 aromatic rings. The van der Waals surface area contributed by atoms with Gasteiger partial charge in [0.05, 0.1) is 0 Å². The van der Waals surface area contributed by atoms with E-state index in [-0.39, 0.29) is 0 Å². The van der Waals surface area contributed by atoms with Crippen molar-refractivity contribution in [2.45, 2.75) is 12.8 Å². The zero-order valence-electron chi connectivity index (χ0n) is 23.7. The molecule has 0 atom stereocenters. The van der Waals surface area contributed by atoms with Crippen LogP contribution in [0.4, 0.5) is 11.4 Å². The first-order valence-corrected chi connectivity index (χ1v) is 14.8. The molecule has 0 radical (unpaired) electrons. The van der Waals surface area contributed by atoms with Gasteiger partial charge in [0.15, 0.2) is 0 Å². The Morgan fingerprint density at radius 2 is 1.07 bits per heavy atom. The molecule has 8 rings (SSSR count). The van der Waals surface area contributed by atoms with Crippen molar-refractivity contribution in [3.63, 3.8) is 0 Å². The number of fused-ring (bicyclic) bond motifs is 6. The lowest BCUT2D eigenvalue weighted by molar-refractivity contribution is 0.942. The Bertz CT molecular complexity index is 2100. The van der Waals surface area contributed by atoms with Crippen molar-refractivity contribution in [3.05, 3.63) is 157 Å². The van der Waals surface area contributed by atoms with Crippen LogP contribution in [0.5, 0.6) is 0 Å². The molecule has 0 amide bonds. The van der Waals surface area contributed by atoms with Gasteiger partial charge in [0, 0.05) is 18.4 Å². The molecule has 7 aromatic carbocycles. The summed E-state index contributed by atoms with van der Waals surface area (Å²) in [7, 11) is 2.16. The minimum atomic E-state index is 1.11. The third-order valence-corrected chi connectivity index (χ3v) is 8.98. The molecule has 1 aliphatic carbocycles. The van der Waals surface area contributed by atoms with Gasteiger partial charge in [0.1, 0.15) is 0 Å². The number of hydrogen-bond donors (Lipinski definition) is 0. The highest BCUT2D eigenvalue weighted by Crippen LogP contribution is 2.38. The summed E-state index contributed by atoms with van der Waals surface area (Å²) in [6, 6.07) is 53.5. The predicted octanol–water partition coefficient (Wildman–Crippen LogP) is 10.9. The molecule has 0 aliphatic heterocycles. The van der Waals surface area contributed by atoms with Crippen LogP contribution in [0, 0.1) is 0 Å². The SMILES string of the molecule is CN(c1ccc(-c2cc3ccccc3c3ccccc23)cc1)c1cccc(-c2ccc3c(c2)-c2ccccc2CC3)c1. The minimum absolute atomic E-state index is 1.11. The van der Waals surface area contributed by atoms with Crippen LogP contribution in [0.25, 0.3) is 54.9 Å². The minimum Gasteiger partial charge on any atom is -0.345 e. The third kappa shape index (κ3) is 4.17. The van der Waals surface area contributed by atoms with Crippen molar-refractivity contribution in [2.75, 3.05) is 11.9 Å². The number of aryl methyl sites for hydroxylation is 2. The lowest BCUT2D eigenvalue weighted by Gasteiger charge is -2.22. The molecule has 0 heterocycles. The van der Waals surface area contributed by atoms with Crippen LogP contribution in [0.2, 0.25) is 0 Å². The molecule has 0 saturated heterocycles. The third-order valence-electron chi connectivity index (χ3n) is 8.98. The quantitative estimate of drug-likeness (QED) is 0.202. The van der Waals surface area contributed by atoms with E-state index in [1.54, 1.807) is 0 Å². The molecule has 0 unspecified atom stereocenters. The molecular weight excluding hydrogens is 506 g/mol. The molecule has 0 N–H and O–H groups in total. The molecular formula is C41H31N. The Kier molecular flexibility index (Phi) is 5.89. The molecule has 200 valence electrons. The zero-order chi connectivity index (χ0) is 28.0. The lowest BCUT2D eigenvalue weighted by atomic mass is 9.84. The Labute approximate surface area is 247 Å². The van der Waals surface area contributed by atoms with Crippen LogP contribution in [0.1, 0.15) is 11.1 Å². The van der Waals surface area contributed by atoms with Crippen LogP contribution >= 0.6 is 0 Å². The van der Waals surface area contributed by atoms with Crippen molar-refractivity contribution in [1.29, 1.82) is 0 Å². The standard InChI is InChI=1S/C41H31N/c1-42(34-23-21-30(22-24-34)41-27-33-10-3-5-14-37(33)38-15-6-7-16-39(38)41)35-12-8-11-31(25-35)32-20-19-29-18-17-28-9-2-4-13-36(28)40(29)26-32/h2-16,19-27H,17-18H2,1H3. The molecule has 1 heteroatoms. The fourth-order valence-electron chi connectivity index (χ4n) is 6.70. The van der Waals surface area contributed by atoms with Crippen LogP contribution < -0.4 is 4.90 Å². The van der Waals surface area contributed by atoms with E-state index in [2.05, 4.69) is 158 Å². The maximum atomic E-state index is 2.38. The van der Waals surface area contributed by atoms with Gasteiger partial charge in [-0.25, -0.2) is 0 Å². The van der Waals surface area contributed by atoms with E-state index in [1.165, 1.54) is 77.4 Å². The van der Waals surface area contributed by atoms with Crippen LogP contribution in [-0.4, -0.2) is 7.05 Å². The highest BCUT2D eigenvalue weighted by Gasteiger charge is 2.17. The van der Waals surface area contributed by atoms with Crippen LogP contribution in [-0.2, 0) is 12.8 Å². The predicted molar refractivity (Wildman–Crippen MR) is 180 cm³/mol. The second-order valence-corrected chi connectivity index (χ2v) is 11.4. The fraction of sp³-hybridized carbons (Fsp3) is 0.0732. The Balaban J connectivity index is 1.12. The number of hydrogen-bond acceptors (Lipinski definition) is 1. The number of rotatable bonds is 4. The highest BCUT2D eigenvalue weighted by molar-refractivity contribution is 6.13. The van der Waals surface area contributed by atoms with Gasteiger partial charge in [0.25, 0.3) is 0 Å². The van der Waals surface area contributed by atoms with E-state index >= 15 is 0 Å². The van der Waals surface area contributed by atoms with E-state index in [4.69, 9.17) is 0 Å². The highest BCUT2D eigenvalue weighted by atomic mass is 15.1. The van der Waals surface area contributed by atoms with Crippen LogP contribution in [0.3, 0.4) is 0 Å². The summed E-state index contributed by atoms with van der Waals surface area (Å²) in [5.74, 6) is 0. The van der Waals surface area contributed by atoms with Crippen molar-refractivity contribution < 1.29 is 0 Å². The average molecular weight is 538 g/mol. The molecule has 1 nitrogen and oxygen atoms in total. The maximum absolute atomic E-state index is 2.38. The van der Waals surface area contributed by atoms with Gasteiger partial charge in [-0.05, 0) is 115 Å². The molecule has 42 heavy (non-hydrogen) atoms. The number of benzene rings is 7. The number of nitrogens with zero attached hydrogens (tertiary/aromatic N) is 1. The summed E-state index contributed by atoms with van der Waals surface area (Å²) in [6.45, 7) is 0. The summed E-state index contributed by atoms with van der Waals surface area (Å²) in [5.41, 5.74) is 13.0. The smallest absolute Gasteiger partial charge is 0.0414 e. The van der Waals surface area contributed by atoms with Gasteiger partial charge in [-0.15, -0.1) is 0 Å². The van der Waals surface area contributed by atoms with E-state index in [9.17, 15) is 0 Å². The second kappa shape index (κ2) is 10.0. The normalized spacial score (nSPS) is 12.2. The molecule has 0 saturated carbocycles. The van der Waals surface area contributed by atoms with E-state index < -0.39 is 0 Å². The molecule has 0 spiro atoms. The fourth-order valence-corrected chi connectivity index (χ4v) is 6.70. The first kappa shape index (κ1) is 24.6. The van der Waals surface area contributed by atoms with Gasteiger partial charge < -0.3 is 4.90 Å². The van der Waals surface area contributed by atoms with Gasteiger partial charge in [0.2, 0.25) is 0 Å².